The first-order valence-corrected chi connectivity index (χ1v) is 8.01. The zero-order chi connectivity index (χ0) is 18.1. The quantitative estimate of drug-likeness (QED) is 0.729. The predicted octanol–water partition coefficient (Wildman–Crippen LogP) is 2.69. The molecule has 0 fully saturated rings. The van der Waals surface area contributed by atoms with Crippen LogP contribution in [0.25, 0.3) is 0 Å². The molecule has 25 heavy (non-hydrogen) atoms. The number of hydrogen-bond acceptors (Lipinski definition) is 4. The minimum atomic E-state index is -0.411. The molecule has 0 bridgehead atoms. The van der Waals surface area contributed by atoms with Gasteiger partial charge in [0.05, 0.1) is 11.6 Å². The molecule has 0 radical (unpaired) electrons. The Morgan fingerprint density at radius 2 is 1.72 bits per heavy atom. The van der Waals surface area contributed by atoms with E-state index in [0.717, 1.165) is 11.1 Å². The van der Waals surface area contributed by atoms with E-state index < -0.39 is 5.97 Å². The highest BCUT2D eigenvalue weighted by molar-refractivity contribution is 5.80. The first-order valence-electron chi connectivity index (χ1n) is 8.01. The minimum absolute atomic E-state index is 0.196. The lowest BCUT2D eigenvalue weighted by molar-refractivity contribution is -0.151. The lowest BCUT2D eigenvalue weighted by atomic mass is 10.1. The first kappa shape index (κ1) is 18.2. The molecule has 0 aliphatic heterocycles. The van der Waals surface area contributed by atoms with E-state index in [1.807, 2.05) is 48.5 Å². The van der Waals surface area contributed by atoms with Crippen molar-refractivity contribution in [2.24, 2.45) is 0 Å². The van der Waals surface area contributed by atoms with E-state index in [-0.39, 0.29) is 18.9 Å². The van der Waals surface area contributed by atoms with Crippen LogP contribution < -0.4 is 0 Å². The maximum Gasteiger partial charge on any atom is 0.306 e. The summed E-state index contributed by atoms with van der Waals surface area (Å²) in [7, 11) is 1.68. The van der Waals surface area contributed by atoms with E-state index in [1.54, 1.807) is 19.2 Å². The van der Waals surface area contributed by atoms with Gasteiger partial charge in [0, 0.05) is 20.0 Å². The van der Waals surface area contributed by atoms with Crippen LogP contribution in [0, 0.1) is 11.3 Å². The van der Waals surface area contributed by atoms with Crippen LogP contribution in [-0.4, -0.2) is 30.4 Å². The number of esters is 1. The molecule has 5 heteroatoms. The number of nitriles is 1. The minimum Gasteiger partial charge on any atom is -0.456 e. The summed E-state index contributed by atoms with van der Waals surface area (Å²) in [5.41, 5.74) is 2.55. The van der Waals surface area contributed by atoms with Crippen LogP contribution in [-0.2, 0) is 27.3 Å². The molecule has 0 saturated heterocycles. The number of likely N-dealkylation sites (N-methyl/N-ethyl adjacent to an activating group) is 1. The van der Waals surface area contributed by atoms with Gasteiger partial charge < -0.3 is 9.64 Å². The topological polar surface area (TPSA) is 70.4 Å². The number of hydrogen-bond donors (Lipinski definition) is 0. The van der Waals surface area contributed by atoms with Gasteiger partial charge in [0.15, 0.2) is 6.61 Å². The molecule has 0 aromatic heterocycles. The molecule has 0 N–H and O–H groups in total. The Kier molecular flexibility index (Phi) is 6.73. The largest absolute Gasteiger partial charge is 0.456 e. The van der Waals surface area contributed by atoms with Crippen LogP contribution in [0.4, 0.5) is 0 Å². The zero-order valence-corrected chi connectivity index (χ0v) is 14.1. The van der Waals surface area contributed by atoms with E-state index in [0.29, 0.717) is 18.5 Å². The van der Waals surface area contributed by atoms with Gasteiger partial charge in [0.25, 0.3) is 5.91 Å². The average molecular weight is 336 g/mol. The lowest BCUT2D eigenvalue weighted by Gasteiger charge is -2.17. The summed E-state index contributed by atoms with van der Waals surface area (Å²) < 4.78 is 5.05. The molecule has 0 aliphatic carbocycles. The fourth-order valence-electron chi connectivity index (χ4n) is 2.26. The highest BCUT2D eigenvalue weighted by Gasteiger charge is 2.12. The molecule has 2 rings (SSSR count). The molecule has 0 spiro atoms. The normalized spacial score (nSPS) is 9.92. The summed E-state index contributed by atoms with van der Waals surface area (Å²) in [6.07, 6.45) is 0.708. The lowest BCUT2D eigenvalue weighted by Crippen LogP contribution is -2.30. The fourth-order valence-corrected chi connectivity index (χ4v) is 2.26. The van der Waals surface area contributed by atoms with Gasteiger partial charge in [-0.15, -0.1) is 0 Å². The summed E-state index contributed by atoms with van der Waals surface area (Å²) in [6.45, 7) is 0.220. The Hall–Kier alpha value is -3.13. The smallest absolute Gasteiger partial charge is 0.306 e. The molecule has 128 valence electrons. The van der Waals surface area contributed by atoms with E-state index in [9.17, 15) is 9.59 Å². The number of amides is 1. The maximum absolute atomic E-state index is 12.0. The van der Waals surface area contributed by atoms with Gasteiger partial charge in [0.2, 0.25) is 0 Å². The molecule has 0 atom stereocenters. The van der Waals surface area contributed by atoms with Crippen molar-refractivity contribution >= 4 is 11.9 Å². The second kappa shape index (κ2) is 9.24. The first-order chi connectivity index (χ1) is 12.1. The number of aryl methyl sites for hydroxylation is 1. The van der Waals surface area contributed by atoms with E-state index >= 15 is 0 Å². The Labute approximate surface area is 147 Å². The molecule has 2 aromatic carbocycles. The summed E-state index contributed by atoms with van der Waals surface area (Å²) in [5, 5.41) is 8.75. The van der Waals surface area contributed by atoms with Crippen molar-refractivity contribution in [2.75, 3.05) is 13.7 Å². The highest BCUT2D eigenvalue weighted by Crippen LogP contribution is 2.07. The van der Waals surface area contributed by atoms with E-state index in [1.165, 1.54) is 4.90 Å². The Morgan fingerprint density at radius 1 is 1.04 bits per heavy atom. The van der Waals surface area contributed by atoms with Gasteiger partial charge in [-0.2, -0.15) is 5.26 Å². The number of nitrogens with zero attached hydrogens (tertiary/aromatic N) is 2. The van der Waals surface area contributed by atoms with Crippen LogP contribution in [0.2, 0.25) is 0 Å². The summed E-state index contributed by atoms with van der Waals surface area (Å²) >= 11 is 0. The molecule has 0 aliphatic rings. The average Bonchev–Trinajstić information content (AvgIpc) is 2.65. The van der Waals surface area contributed by atoms with E-state index in [2.05, 4.69) is 0 Å². The number of ether oxygens (including phenoxy) is 1. The maximum atomic E-state index is 12.0. The number of carbonyl (C=O) groups is 2. The van der Waals surface area contributed by atoms with Crippen LogP contribution in [0.3, 0.4) is 0 Å². The number of benzene rings is 2. The van der Waals surface area contributed by atoms with Gasteiger partial charge in [-0.05, 0) is 29.7 Å². The third-order valence-corrected chi connectivity index (χ3v) is 3.75. The van der Waals surface area contributed by atoms with Crippen molar-refractivity contribution < 1.29 is 14.3 Å². The fraction of sp³-hybridized carbons (Fsp3) is 0.250. The Balaban J connectivity index is 1.71. The number of carbonyl (C=O) groups excluding carboxylic acids is 2. The zero-order valence-electron chi connectivity index (χ0n) is 14.1. The van der Waals surface area contributed by atoms with Crippen molar-refractivity contribution in [1.82, 2.24) is 4.90 Å². The van der Waals surface area contributed by atoms with Crippen LogP contribution in [0.15, 0.2) is 54.6 Å². The third kappa shape index (κ3) is 6.11. The second-order valence-electron chi connectivity index (χ2n) is 5.70. The predicted molar refractivity (Wildman–Crippen MR) is 93.4 cm³/mol. The molecule has 2 aromatic rings. The molecular formula is C20H20N2O3. The molecule has 1 amide bonds. The molecule has 0 unspecified atom stereocenters. The third-order valence-electron chi connectivity index (χ3n) is 3.75. The van der Waals surface area contributed by atoms with Crippen molar-refractivity contribution in [3.05, 3.63) is 71.3 Å². The van der Waals surface area contributed by atoms with Crippen molar-refractivity contribution in [3.8, 4) is 6.07 Å². The van der Waals surface area contributed by atoms with Gasteiger partial charge >= 0.3 is 5.97 Å². The monoisotopic (exact) mass is 336 g/mol. The highest BCUT2D eigenvalue weighted by atomic mass is 16.5. The Bertz CT molecular complexity index is 749. The van der Waals surface area contributed by atoms with Crippen LogP contribution >= 0.6 is 0 Å². The Morgan fingerprint density at radius 3 is 2.36 bits per heavy atom. The van der Waals surface area contributed by atoms with Gasteiger partial charge in [0.1, 0.15) is 0 Å². The van der Waals surface area contributed by atoms with Gasteiger partial charge in [-0.25, -0.2) is 0 Å². The molecule has 0 saturated carbocycles. The summed E-state index contributed by atoms with van der Waals surface area (Å²) in [5.74, 6) is -0.651. The summed E-state index contributed by atoms with van der Waals surface area (Å²) in [4.78, 5) is 25.3. The van der Waals surface area contributed by atoms with Crippen LogP contribution in [0.1, 0.15) is 23.1 Å². The van der Waals surface area contributed by atoms with Crippen LogP contribution in [0.5, 0.6) is 0 Å². The molecule has 0 heterocycles. The van der Waals surface area contributed by atoms with Crippen molar-refractivity contribution in [2.45, 2.75) is 19.4 Å². The van der Waals surface area contributed by atoms with Crippen molar-refractivity contribution in [3.63, 3.8) is 0 Å². The SMILES string of the molecule is CN(Cc1ccccc1)C(=O)COC(=O)CCc1ccc(C#N)cc1. The number of rotatable bonds is 7. The second-order valence-corrected chi connectivity index (χ2v) is 5.70. The standard InChI is InChI=1S/C20H20N2O3/c1-22(14-18-5-3-2-4-6-18)19(23)15-25-20(24)12-11-16-7-9-17(13-21)10-8-16/h2-10H,11-12,14-15H2,1H3. The van der Waals surface area contributed by atoms with E-state index in [4.69, 9.17) is 10.00 Å². The van der Waals surface area contributed by atoms with Crippen molar-refractivity contribution in [1.29, 1.82) is 5.26 Å². The molecular weight excluding hydrogens is 316 g/mol. The summed E-state index contributed by atoms with van der Waals surface area (Å²) in [6, 6.07) is 18.7. The van der Waals surface area contributed by atoms with Gasteiger partial charge in [-0.1, -0.05) is 42.5 Å². The molecule has 5 nitrogen and oxygen atoms in total. The van der Waals surface area contributed by atoms with Gasteiger partial charge in [-0.3, -0.25) is 9.59 Å².